The average molecular weight is 521 g/mol. The average Bonchev–Trinajstić information content (AvgIpc) is 2.83. The minimum absolute atomic E-state index is 0.00868. The molecule has 0 saturated carbocycles. The number of amides is 2. The van der Waals surface area contributed by atoms with E-state index in [0.29, 0.717) is 10.5 Å². The molecule has 0 bridgehead atoms. The lowest BCUT2D eigenvalue weighted by Gasteiger charge is -2.22. The van der Waals surface area contributed by atoms with Crippen molar-refractivity contribution < 1.29 is 23.3 Å². The van der Waals surface area contributed by atoms with Gasteiger partial charge in [0.15, 0.2) is 5.78 Å². The topological polar surface area (TPSA) is 102 Å². The Kier molecular flexibility index (Phi) is 8.65. The summed E-state index contributed by atoms with van der Waals surface area (Å²) in [6.07, 6.45) is 0.821. The molecule has 0 radical (unpaired) electrons. The van der Waals surface area contributed by atoms with E-state index in [4.69, 9.17) is 4.74 Å². The molecule has 2 atom stereocenters. The highest BCUT2D eigenvalue weighted by atomic mass is 32.2. The molecule has 3 aromatic carbocycles. The zero-order valence-corrected chi connectivity index (χ0v) is 22.5. The van der Waals surface area contributed by atoms with Gasteiger partial charge in [-0.3, -0.25) is 9.59 Å². The summed E-state index contributed by atoms with van der Waals surface area (Å²) < 4.78 is 22.8. The Morgan fingerprint density at radius 1 is 0.892 bits per heavy atom. The number of nitrogens with zero attached hydrogens (tertiary/aromatic N) is 1. The van der Waals surface area contributed by atoms with E-state index in [1.54, 1.807) is 57.2 Å². The van der Waals surface area contributed by atoms with E-state index in [-0.39, 0.29) is 12.2 Å². The Hall–Kier alpha value is -3.78. The second-order valence-electron chi connectivity index (χ2n) is 9.78. The Balaban J connectivity index is 1.84. The van der Waals surface area contributed by atoms with E-state index >= 15 is 0 Å². The zero-order chi connectivity index (χ0) is 27.2. The molecule has 0 aromatic heterocycles. The van der Waals surface area contributed by atoms with Crippen molar-refractivity contribution in [3.8, 4) is 11.1 Å². The smallest absolute Gasteiger partial charge is 0.408 e. The quantitative estimate of drug-likeness (QED) is 0.404. The molecule has 3 rings (SSSR count). The van der Waals surface area contributed by atoms with Gasteiger partial charge in [0, 0.05) is 23.1 Å². The van der Waals surface area contributed by atoms with Crippen molar-refractivity contribution in [1.29, 1.82) is 0 Å². The van der Waals surface area contributed by atoms with Crippen LogP contribution in [0.3, 0.4) is 0 Å². The van der Waals surface area contributed by atoms with Crippen molar-refractivity contribution in [3.63, 3.8) is 0 Å². The molecule has 3 aromatic rings. The number of ether oxygens (including phenoxy) is 1. The minimum Gasteiger partial charge on any atom is -0.444 e. The number of ketones is 1. The Morgan fingerprint density at radius 3 is 1.95 bits per heavy atom. The van der Waals surface area contributed by atoms with Gasteiger partial charge < -0.3 is 10.1 Å². The summed E-state index contributed by atoms with van der Waals surface area (Å²) in [4.78, 5) is 37.5. The summed E-state index contributed by atoms with van der Waals surface area (Å²) in [6, 6.07) is 22.3. The molecule has 0 spiro atoms. The minimum atomic E-state index is -3.10. The maximum absolute atomic E-state index is 13.5. The molecule has 0 aliphatic carbocycles. The maximum atomic E-state index is 13.5. The fraction of sp³-hybridized carbons (Fsp3) is 0.276. The number of benzene rings is 3. The second-order valence-corrected chi connectivity index (χ2v) is 12.0. The highest BCUT2D eigenvalue weighted by Gasteiger charge is 2.26. The van der Waals surface area contributed by atoms with Gasteiger partial charge >= 0.3 is 6.09 Å². The predicted molar refractivity (Wildman–Crippen MR) is 145 cm³/mol. The van der Waals surface area contributed by atoms with Crippen LogP contribution in [0.4, 0.5) is 4.79 Å². The first-order chi connectivity index (χ1) is 17.3. The van der Waals surface area contributed by atoms with Gasteiger partial charge in [-0.25, -0.2) is 9.00 Å². The SMILES string of the molecule is CC(=O)c1ccc(-c2ccc(S(C)(=O)=NC(=O)[C@H](Cc3ccccc3)NC(=O)OC(C)(C)C)cc2)cc1. The molecule has 1 unspecified atom stereocenters. The summed E-state index contributed by atoms with van der Waals surface area (Å²) >= 11 is 0. The van der Waals surface area contributed by atoms with Crippen LogP contribution in [0.25, 0.3) is 11.1 Å². The second kappa shape index (κ2) is 11.5. The largest absolute Gasteiger partial charge is 0.444 e. The van der Waals surface area contributed by atoms with Gasteiger partial charge in [-0.05, 0) is 56.5 Å². The Morgan fingerprint density at radius 2 is 1.43 bits per heavy atom. The van der Waals surface area contributed by atoms with Crippen LogP contribution in [0.5, 0.6) is 0 Å². The number of Topliss-reactive ketones (excluding diaryl/α,β-unsaturated/α-hetero) is 1. The summed E-state index contributed by atoms with van der Waals surface area (Å²) in [5.41, 5.74) is 2.47. The van der Waals surface area contributed by atoms with Gasteiger partial charge in [-0.15, -0.1) is 0 Å². The van der Waals surface area contributed by atoms with Gasteiger partial charge in [0.2, 0.25) is 0 Å². The summed E-state index contributed by atoms with van der Waals surface area (Å²) in [6.45, 7) is 6.70. The van der Waals surface area contributed by atoms with Crippen LogP contribution in [-0.4, -0.2) is 39.9 Å². The number of hydrogen-bond donors (Lipinski definition) is 1. The first-order valence-electron chi connectivity index (χ1n) is 11.8. The van der Waals surface area contributed by atoms with Crippen molar-refractivity contribution in [2.24, 2.45) is 4.36 Å². The monoisotopic (exact) mass is 520 g/mol. The van der Waals surface area contributed by atoms with Gasteiger partial charge in [0.25, 0.3) is 5.91 Å². The lowest BCUT2D eigenvalue weighted by Crippen LogP contribution is -2.44. The van der Waals surface area contributed by atoms with Crippen molar-refractivity contribution in [2.45, 2.75) is 50.7 Å². The van der Waals surface area contributed by atoms with Crippen molar-refractivity contribution in [1.82, 2.24) is 5.32 Å². The molecular weight excluding hydrogens is 488 g/mol. The number of hydrogen-bond acceptors (Lipinski definition) is 5. The van der Waals surface area contributed by atoms with E-state index in [9.17, 15) is 18.6 Å². The third kappa shape index (κ3) is 8.11. The first kappa shape index (κ1) is 27.8. The summed E-state index contributed by atoms with van der Waals surface area (Å²) in [5, 5.41) is 2.58. The lowest BCUT2D eigenvalue weighted by molar-refractivity contribution is -0.119. The third-order valence-electron chi connectivity index (χ3n) is 5.45. The van der Waals surface area contributed by atoms with Crippen molar-refractivity contribution in [2.75, 3.05) is 6.26 Å². The molecule has 0 saturated heterocycles. The predicted octanol–water partition coefficient (Wildman–Crippen LogP) is 5.68. The highest BCUT2D eigenvalue weighted by Crippen LogP contribution is 2.23. The van der Waals surface area contributed by atoms with Gasteiger partial charge in [0.1, 0.15) is 11.6 Å². The van der Waals surface area contributed by atoms with E-state index in [1.165, 1.54) is 13.2 Å². The van der Waals surface area contributed by atoms with E-state index in [2.05, 4.69) is 9.68 Å². The molecular formula is C29H32N2O5S. The van der Waals surface area contributed by atoms with Crippen molar-refractivity contribution >= 4 is 27.5 Å². The highest BCUT2D eigenvalue weighted by molar-refractivity contribution is 7.93. The molecule has 0 fully saturated rings. The third-order valence-corrected chi connectivity index (χ3v) is 7.13. The molecule has 2 amide bonds. The van der Waals surface area contributed by atoms with E-state index in [1.807, 2.05) is 42.5 Å². The van der Waals surface area contributed by atoms with Crippen LogP contribution in [-0.2, 0) is 25.7 Å². The van der Waals surface area contributed by atoms with Crippen LogP contribution < -0.4 is 5.32 Å². The molecule has 194 valence electrons. The molecule has 0 aliphatic rings. The maximum Gasteiger partial charge on any atom is 0.408 e. The molecule has 7 nitrogen and oxygen atoms in total. The van der Waals surface area contributed by atoms with Crippen LogP contribution in [0.15, 0.2) is 88.1 Å². The zero-order valence-electron chi connectivity index (χ0n) is 21.7. The number of alkyl carbamates (subject to hydrolysis) is 1. The molecule has 8 heteroatoms. The summed E-state index contributed by atoms with van der Waals surface area (Å²) in [7, 11) is -3.10. The molecule has 37 heavy (non-hydrogen) atoms. The van der Waals surface area contributed by atoms with Crippen molar-refractivity contribution in [3.05, 3.63) is 90.0 Å². The van der Waals surface area contributed by atoms with Crippen LogP contribution >= 0.6 is 0 Å². The Bertz CT molecular complexity index is 1380. The molecule has 1 N–H and O–H groups in total. The normalized spacial score (nSPS) is 13.6. The van der Waals surface area contributed by atoms with Crippen LogP contribution in [0.2, 0.25) is 0 Å². The Labute approximate surface area is 218 Å². The van der Waals surface area contributed by atoms with Crippen LogP contribution in [0.1, 0.15) is 43.6 Å². The summed E-state index contributed by atoms with van der Waals surface area (Å²) in [5.74, 6) is -0.711. The van der Waals surface area contributed by atoms with E-state index in [0.717, 1.165) is 16.7 Å². The first-order valence-corrected chi connectivity index (χ1v) is 13.8. The van der Waals surface area contributed by atoms with E-state index < -0.39 is 33.4 Å². The molecule has 0 aliphatic heterocycles. The molecule has 0 heterocycles. The number of rotatable bonds is 7. The number of carbonyl (C=O) groups is 3. The number of carbonyl (C=O) groups excluding carboxylic acids is 3. The fourth-order valence-corrected chi connectivity index (χ4v) is 4.80. The van der Waals surface area contributed by atoms with Crippen LogP contribution in [0, 0.1) is 0 Å². The number of nitrogens with one attached hydrogen (secondary N) is 1. The van der Waals surface area contributed by atoms with Gasteiger partial charge in [-0.1, -0.05) is 66.7 Å². The van der Waals surface area contributed by atoms with Gasteiger partial charge in [-0.2, -0.15) is 4.36 Å². The lowest BCUT2D eigenvalue weighted by atomic mass is 10.0. The standard InChI is InChI=1S/C29H32N2O5S/c1-20(32)22-11-13-23(14-12-22)24-15-17-25(18-16-24)37(5,35)31-27(33)26(19-21-9-7-6-8-10-21)30-28(34)36-29(2,3)4/h6-18,26H,19H2,1-5H3,(H,30,34)/t26-,37?/m0/s1. The fourth-order valence-electron chi connectivity index (χ4n) is 3.58. The van der Waals surface area contributed by atoms with Gasteiger partial charge in [0.05, 0.1) is 9.73 Å².